The van der Waals surface area contributed by atoms with Gasteiger partial charge in [-0.2, -0.15) is 0 Å². The highest BCUT2D eigenvalue weighted by Gasteiger charge is 2.33. The second kappa shape index (κ2) is 6.41. The Morgan fingerprint density at radius 2 is 1.88 bits per heavy atom. The lowest BCUT2D eigenvalue weighted by Crippen LogP contribution is -2.39. The van der Waals surface area contributed by atoms with Crippen molar-refractivity contribution in [3.63, 3.8) is 0 Å². The fraction of sp³-hybridized carbons (Fsp3) is 0.286. The molecule has 1 atom stereocenters. The molecule has 0 fully saturated rings. The van der Waals surface area contributed by atoms with Gasteiger partial charge in [-0.25, -0.2) is 0 Å². The molecule has 0 bridgehead atoms. The molecule has 0 radical (unpaired) electrons. The number of hydrogen-bond donors (Lipinski definition) is 1. The van der Waals surface area contributed by atoms with Crippen molar-refractivity contribution in [2.75, 3.05) is 20.8 Å². The van der Waals surface area contributed by atoms with Gasteiger partial charge in [0, 0.05) is 30.1 Å². The number of H-pyrrole nitrogens is 1. The summed E-state index contributed by atoms with van der Waals surface area (Å²) in [5.41, 5.74) is 4.48. The minimum atomic E-state index is -0.163. The Labute approximate surface area is 152 Å². The van der Waals surface area contributed by atoms with E-state index in [4.69, 9.17) is 9.47 Å². The number of carbonyl (C=O) groups is 1. The standard InChI is InChI=1S/C21H22N2O3/c1-13(24)23-11-10-16-15-6-4-5-7-17(15)22-20(16)21(23)14-8-9-18(25-2)19(12-14)26-3/h4-9,12,21-22H,10-11H2,1-3H3. The van der Waals surface area contributed by atoms with Gasteiger partial charge >= 0.3 is 0 Å². The molecule has 1 amide bonds. The van der Waals surface area contributed by atoms with Gasteiger partial charge in [-0.15, -0.1) is 0 Å². The van der Waals surface area contributed by atoms with E-state index in [2.05, 4.69) is 23.2 Å². The maximum atomic E-state index is 12.3. The van der Waals surface area contributed by atoms with Gasteiger partial charge in [0.15, 0.2) is 11.5 Å². The molecule has 0 spiro atoms. The minimum absolute atomic E-state index is 0.0640. The van der Waals surface area contributed by atoms with E-state index in [-0.39, 0.29) is 11.9 Å². The van der Waals surface area contributed by atoms with Crippen molar-refractivity contribution in [2.24, 2.45) is 0 Å². The highest BCUT2D eigenvalue weighted by atomic mass is 16.5. The first-order chi connectivity index (χ1) is 12.6. The molecule has 2 heterocycles. The fourth-order valence-electron chi connectivity index (χ4n) is 3.95. The lowest BCUT2D eigenvalue weighted by molar-refractivity contribution is -0.130. The van der Waals surface area contributed by atoms with Crippen LogP contribution in [0.3, 0.4) is 0 Å². The number of benzene rings is 2. The first kappa shape index (κ1) is 16.5. The molecule has 26 heavy (non-hydrogen) atoms. The maximum absolute atomic E-state index is 12.3. The van der Waals surface area contributed by atoms with E-state index in [0.29, 0.717) is 18.0 Å². The zero-order valence-corrected chi connectivity index (χ0v) is 15.2. The smallest absolute Gasteiger partial charge is 0.220 e. The lowest BCUT2D eigenvalue weighted by atomic mass is 9.92. The normalized spacial score (nSPS) is 16.4. The Hall–Kier alpha value is -2.95. The van der Waals surface area contributed by atoms with Crippen LogP contribution in [0, 0.1) is 0 Å². The van der Waals surface area contributed by atoms with Crippen LogP contribution in [0.25, 0.3) is 10.9 Å². The fourth-order valence-corrected chi connectivity index (χ4v) is 3.95. The first-order valence-corrected chi connectivity index (χ1v) is 8.72. The highest BCUT2D eigenvalue weighted by molar-refractivity contribution is 5.86. The van der Waals surface area contributed by atoms with Gasteiger partial charge in [-0.1, -0.05) is 24.3 Å². The van der Waals surface area contributed by atoms with Crippen LogP contribution in [0.5, 0.6) is 11.5 Å². The van der Waals surface area contributed by atoms with Gasteiger partial charge in [0.1, 0.15) is 0 Å². The zero-order chi connectivity index (χ0) is 18.3. The molecular formula is C21H22N2O3. The van der Waals surface area contributed by atoms with Gasteiger partial charge < -0.3 is 19.4 Å². The molecule has 2 aromatic carbocycles. The predicted molar refractivity (Wildman–Crippen MR) is 101 cm³/mol. The minimum Gasteiger partial charge on any atom is -0.493 e. The van der Waals surface area contributed by atoms with Gasteiger partial charge in [0.2, 0.25) is 5.91 Å². The number of rotatable bonds is 3. The molecule has 134 valence electrons. The largest absolute Gasteiger partial charge is 0.493 e. The summed E-state index contributed by atoms with van der Waals surface area (Å²) >= 11 is 0. The highest BCUT2D eigenvalue weighted by Crippen LogP contribution is 2.40. The Balaban J connectivity index is 1.91. The van der Waals surface area contributed by atoms with Crippen LogP contribution in [0.15, 0.2) is 42.5 Å². The van der Waals surface area contributed by atoms with Crippen LogP contribution in [0.1, 0.15) is 29.8 Å². The number of methoxy groups -OCH3 is 2. The number of aromatic amines is 1. The maximum Gasteiger partial charge on any atom is 0.220 e. The number of fused-ring (bicyclic) bond motifs is 3. The van der Waals surface area contributed by atoms with Crippen molar-refractivity contribution in [3.8, 4) is 11.5 Å². The molecule has 1 aromatic heterocycles. The SMILES string of the molecule is COc1ccc(C2c3[nH]c4ccccc4c3CCN2C(C)=O)cc1OC. The number of aromatic nitrogens is 1. The van der Waals surface area contributed by atoms with Crippen LogP contribution in [-0.2, 0) is 11.2 Å². The van der Waals surface area contributed by atoms with E-state index in [1.807, 2.05) is 29.2 Å². The van der Waals surface area contributed by atoms with Crippen LogP contribution in [0.2, 0.25) is 0 Å². The Morgan fingerprint density at radius 1 is 1.12 bits per heavy atom. The number of para-hydroxylation sites is 1. The third kappa shape index (κ3) is 2.51. The second-order valence-electron chi connectivity index (χ2n) is 6.54. The summed E-state index contributed by atoms with van der Waals surface area (Å²) in [4.78, 5) is 17.8. The Morgan fingerprint density at radius 3 is 2.62 bits per heavy atom. The predicted octanol–water partition coefficient (Wildman–Crippen LogP) is 3.68. The third-order valence-electron chi connectivity index (χ3n) is 5.16. The van der Waals surface area contributed by atoms with E-state index >= 15 is 0 Å². The van der Waals surface area contributed by atoms with Gasteiger partial charge in [0.05, 0.1) is 20.3 Å². The molecule has 0 saturated carbocycles. The number of hydrogen-bond acceptors (Lipinski definition) is 3. The summed E-state index contributed by atoms with van der Waals surface area (Å²) in [5, 5.41) is 1.23. The summed E-state index contributed by atoms with van der Waals surface area (Å²) in [5.74, 6) is 1.41. The van der Waals surface area contributed by atoms with Gasteiger partial charge in [-0.3, -0.25) is 4.79 Å². The zero-order valence-electron chi connectivity index (χ0n) is 15.2. The number of ether oxygens (including phenoxy) is 2. The van der Waals surface area contributed by atoms with Crippen molar-refractivity contribution in [1.82, 2.24) is 9.88 Å². The molecule has 5 nitrogen and oxygen atoms in total. The van der Waals surface area contributed by atoms with Crippen molar-refractivity contribution in [2.45, 2.75) is 19.4 Å². The van der Waals surface area contributed by atoms with Crippen LogP contribution >= 0.6 is 0 Å². The van der Waals surface area contributed by atoms with Crippen molar-refractivity contribution in [3.05, 3.63) is 59.3 Å². The van der Waals surface area contributed by atoms with Gasteiger partial charge in [0.25, 0.3) is 0 Å². The van der Waals surface area contributed by atoms with Crippen molar-refractivity contribution >= 4 is 16.8 Å². The number of carbonyl (C=O) groups excluding carboxylic acids is 1. The molecule has 1 aliphatic heterocycles. The van der Waals surface area contributed by atoms with E-state index in [1.165, 1.54) is 10.9 Å². The summed E-state index contributed by atoms with van der Waals surface area (Å²) in [6.07, 6.45) is 0.850. The van der Waals surface area contributed by atoms with E-state index < -0.39 is 0 Å². The molecular weight excluding hydrogens is 328 g/mol. The molecule has 4 rings (SSSR count). The quantitative estimate of drug-likeness (QED) is 0.784. The van der Waals surface area contributed by atoms with E-state index in [1.54, 1.807) is 21.1 Å². The van der Waals surface area contributed by atoms with Crippen LogP contribution < -0.4 is 9.47 Å². The molecule has 3 aromatic rings. The Kier molecular flexibility index (Phi) is 4.07. The van der Waals surface area contributed by atoms with Crippen molar-refractivity contribution < 1.29 is 14.3 Å². The summed E-state index contributed by atoms with van der Waals surface area (Å²) in [6, 6.07) is 14.0. The second-order valence-corrected chi connectivity index (χ2v) is 6.54. The van der Waals surface area contributed by atoms with Crippen LogP contribution in [0.4, 0.5) is 0 Å². The molecule has 1 aliphatic rings. The van der Waals surface area contributed by atoms with E-state index in [9.17, 15) is 4.79 Å². The van der Waals surface area contributed by atoms with Crippen LogP contribution in [-0.4, -0.2) is 36.6 Å². The average molecular weight is 350 g/mol. The third-order valence-corrected chi connectivity index (χ3v) is 5.16. The number of amides is 1. The van der Waals surface area contributed by atoms with E-state index in [0.717, 1.165) is 23.2 Å². The Bertz CT molecular complexity index is 977. The molecule has 1 unspecified atom stereocenters. The van der Waals surface area contributed by atoms with Crippen molar-refractivity contribution in [1.29, 1.82) is 0 Å². The molecule has 0 aliphatic carbocycles. The summed E-state index contributed by atoms with van der Waals surface area (Å²) in [7, 11) is 3.25. The molecule has 5 heteroatoms. The average Bonchev–Trinajstić information content (AvgIpc) is 3.05. The topological polar surface area (TPSA) is 54.6 Å². The number of nitrogens with one attached hydrogen (secondary N) is 1. The summed E-state index contributed by atoms with van der Waals surface area (Å²) < 4.78 is 10.8. The lowest BCUT2D eigenvalue weighted by Gasteiger charge is -2.35. The summed E-state index contributed by atoms with van der Waals surface area (Å²) in [6.45, 7) is 2.32. The monoisotopic (exact) mass is 350 g/mol. The van der Waals surface area contributed by atoms with Gasteiger partial charge in [-0.05, 0) is 35.7 Å². The number of nitrogens with zero attached hydrogens (tertiary/aromatic N) is 1. The molecule has 0 saturated heterocycles. The first-order valence-electron chi connectivity index (χ1n) is 8.72. The molecule has 1 N–H and O–H groups in total.